The van der Waals surface area contributed by atoms with Crippen molar-refractivity contribution in [1.82, 2.24) is 9.88 Å². The van der Waals surface area contributed by atoms with Gasteiger partial charge >= 0.3 is 5.97 Å². The third kappa shape index (κ3) is 5.20. The average molecular weight is 454 g/mol. The standard InChI is InChI=1S/C24H23FN2O6/c1-31-19-8-6-15(7-9-19)23-26-17(13-32-23)14-33-24(30)21-11-18(28)12-27(21)22(29)10-16-4-2-3-5-20(16)25/h2-9,13,18,21,28H,10-12,14H2,1H3. The molecule has 2 unspecified atom stereocenters. The summed E-state index contributed by atoms with van der Waals surface area (Å²) in [4.78, 5) is 30.9. The maximum Gasteiger partial charge on any atom is 0.329 e. The summed E-state index contributed by atoms with van der Waals surface area (Å²) in [5.74, 6) is -0.554. The molecule has 1 fully saturated rings. The van der Waals surface area contributed by atoms with Crippen LogP contribution in [0, 0.1) is 5.82 Å². The van der Waals surface area contributed by atoms with E-state index < -0.39 is 29.8 Å². The Labute approximate surface area is 189 Å². The molecule has 0 saturated carbocycles. The molecule has 172 valence electrons. The first-order valence-corrected chi connectivity index (χ1v) is 10.4. The SMILES string of the molecule is COc1ccc(-c2nc(COC(=O)C3CC(O)CN3C(=O)Cc3ccccc3F)co2)cc1. The van der Waals surface area contributed by atoms with E-state index in [1.807, 2.05) is 0 Å². The number of carbonyl (C=O) groups excluding carboxylic acids is 2. The van der Waals surface area contributed by atoms with Crippen molar-refractivity contribution < 1.29 is 33.0 Å². The molecule has 1 aliphatic heterocycles. The lowest BCUT2D eigenvalue weighted by molar-refractivity contribution is -0.154. The number of hydrogen-bond acceptors (Lipinski definition) is 7. The highest BCUT2D eigenvalue weighted by atomic mass is 19.1. The van der Waals surface area contributed by atoms with Gasteiger partial charge < -0.3 is 23.9 Å². The Hall–Kier alpha value is -3.72. The molecular formula is C24H23FN2O6. The zero-order valence-electron chi connectivity index (χ0n) is 17.9. The van der Waals surface area contributed by atoms with Gasteiger partial charge in [0.15, 0.2) is 0 Å². The van der Waals surface area contributed by atoms with E-state index in [1.165, 1.54) is 29.4 Å². The first-order valence-electron chi connectivity index (χ1n) is 10.4. The van der Waals surface area contributed by atoms with Gasteiger partial charge in [-0.3, -0.25) is 4.79 Å². The van der Waals surface area contributed by atoms with E-state index in [2.05, 4.69) is 4.98 Å². The Balaban J connectivity index is 1.37. The predicted octanol–water partition coefficient (Wildman–Crippen LogP) is 2.74. The summed E-state index contributed by atoms with van der Waals surface area (Å²) in [5, 5.41) is 10.0. The number of oxazole rings is 1. The number of β-amino-alcohol motifs (C(OH)–C–C–N with tert-alkyl or cyclic N) is 1. The normalized spacial score (nSPS) is 17.7. The third-order valence-electron chi connectivity index (χ3n) is 5.42. The monoisotopic (exact) mass is 454 g/mol. The van der Waals surface area contributed by atoms with Gasteiger partial charge in [0.25, 0.3) is 0 Å². The number of ether oxygens (including phenoxy) is 2. The number of aliphatic hydroxyl groups excluding tert-OH is 1. The van der Waals surface area contributed by atoms with E-state index in [0.717, 1.165) is 5.56 Å². The summed E-state index contributed by atoms with van der Waals surface area (Å²) < 4.78 is 29.8. The van der Waals surface area contributed by atoms with Crippen LogP contribution in [0.4, 0.5) is 4.39 Å². The van der Waals surface area contributed by atoms with Gasteiger partial charge in [-0.25, -0.2) is 14.2 Å². The number of esters is 1. The number of aliphatic hydroxyl groups is 1. The van der Waals surface area contributed by atoms with Crippen LogP contribution in [0.1, 0.15) is 17.7 Å². The fourth-order valence-electron chi connectivity index (χ4n) is 3.70. The van der Waals surface area contributed by atoms with E-state index in [0.29, 0.717) is 17.3 Å². The van der Waals surface area contributed by atoms with E-state index in [1.54, 1.807) is 37.4 Å². The Morgan fingerprint density at radius 2 is 1.97 bits per heavy atom. The highest BCUT2D eigenvalue weighted by Crippen LogP contribution is 2.24. The van der Waals surface area contributed by atoms with Crippen LogP contribution < -0.4 is 4.74 Å². The highest BCUT2D eigenvalue weighted by molar-refractivity contribution is 5.86. The van der Waals surface area contributed by atoms with Gasteiger partial charge in [-0.05, 0) is 35.9 Å². The number of halogens is 1. The quantitative estimate of drug-likeness (QED) is 0.548. The van der Waals surface area contributed by atoms with E-state index in [4.69, 9.17) is 13.9 Å². The van der Waals surface area contributed by atoms with Crippen LogP contribution in [0.2, 0.25) is 0 Å². The van der Waals surface area contributed by atoms with Crippen molar-refractivity contribution in [1.29, 1.82) is 0 Å². The summed E-state index contributed by atoms with van der Waals surface area (Å²) in [6.07, 6.45) is 0.369. The molecule has 1 saturated heterocycles. The second-order valence-electron chi connectivity index (χ2n) is 7.70. The lowest BCUT2D eigenvalue weighted by Crippen LogP contribution is -2.42. The van der Waals surface area contributed by atoms with Crippen molar-refractivity contribution >= 4 is 11.9 Å². The molecule has 1 aromatic heterocycles. The van der Waals surface area contributed by atoms with Gasteiger partial charge in [0.2, 0.25) is 11.8 Å². The molecule has 2 heterocycles. The Kier molecular flexibility index (Phi) is 6.69. The molecule has 0 bridgehead atoms. The fourth-order valence-corrected chi connectivity index (χ4v) is 3.70. The van der Waals surface area contributed by atoms with Gasteiger partial charge in [-0.2, -0.15) is 0 Å². The van der Waals surface area contributed by atoms with Crippen molar-refractivity contribution in [2.45, 2.75) is 31.6 Å². The molecule has 8 nitrogen and oxygen atoms in total. The number of benzene rings is 2. The number of methoxy groups -OCH3 is 1. The van der Waals surface area contributed by atoms with Gasteiger partial charge in [0, 0.05) is 18.5 Å². The number of amides is 1. The molecule has 0 spiro atoms. The largest absolute Gasteiger partial charge is 0.497 e. The summed E-state index contributed by atoms with van der Waals surface area (Å²) in [7, 11) is 1.57. The summed E-state index contributed by atoms with van der Waals surface area (Å²) in [6, 6.07) is 12.1. The predicted molar refractivity (Wildman–Crippen MR) is 115 cm³/mol. The van der Waals surface area contributed by atoms with E-state index in [9.17, 15) is 19.1 Å². The van der Waals surface area contributed by atoms with Crippen LogP contribution in [-0.2, 0) is 27.4 Å². The zero-order valence-corrected chi connectivity index (χ0v) is 17.9. The molecule has 33 heavy (non-hydrogen) atoms. The molecule has 2 aromatic carbocycles. The van der Waals surface area contributed by atoms with Crippen LogP contribution >= 0.6 is 0 Å². The summed E-state index contributed by atoms with van der Waals surface area (Å²) >= 11 is 0. The van der Waals surface area contributed by atoms with Crippen molar-refractivity contribution in [3.63, 3.8) is 0 Å². The molecule has 1 aliphatic rings. The minimum atomic E-state index is -0.952. The van der Waals surface area contributed by atoms with Crippen LogP contribution in [0.25, 0.3) is 11.5 Å². The topological polar surface area (TPSA) is 102 Å². The van der Waals surface area contributed by atoms with Gasteiger partial charge in [0.05, 0.1) is 19.6 Å². The van der Waals surface area contributed by atoms with Crippen molar-refractivity contribution in [3.05, 3.63) is 71.9 Å². The highest BCUT2D eigenvalue weighted by Gasteiger charge is 2.40. The smallest absolute Gasteiger partial charge is 0.329 e. The van der Waals surface area contributed by atoms with Gasteiger partial charge in [-0.15, -0.1) is 0 Å². The maximum absolute atomic E-state index is 13.9. The number of likely N-dealkylation sites (tertiary alicyclic amines) is 1. The van der Waals surface area contributed by atoms with Crippen molar-refractivity contribution in [2.75, 3.05) is 13.7 Å². The van der Waals surface area contributed by atoms with E-state index >= 15 is 0 Å². The number of aromatic nitrogens is 1. The molecule has 1 amide bonds. The minimum absolute atomic E-state index is 0.0152. The molecule has 0 radical (unpaired) electrons. The molecule has 1 N–H and O–H groups in total. The van der Waals surface area contributed by atoms with Crippen LogP contribution in [0.5, 0.6) is 5.75 Å². The average Bonchev–Trinajstić information content (AvgIpc) is 3.46. The summed E-state index contributed by atoms with van der Waals surface area (Å²) in [6.45, 7) is -0.168. The molecule has 4 rings (SSSR count). The summed E-state index contributed by atoms with van der Waals surface area (Å²) in [5.41, 5.74) is 1.36. The van der Waals surface area contributed by atoms with Gasteiger partial charge in [0.1, 0.15) is 36.2 Å². The van der Waals surface area contributed by atoms with Crippen molar-refractivity contribution in [3.8, 4) is 17.2 Å². The number of nitrogens with zero attached hydrogens (tertiary/aromatic N) is 2. The lowest BCUT2D eigenvalue weighted by Gasteiger charge is -2.23. The maximum atomic E-state index is 13.9. The zero-order chi connectivity index (χ0) is 23.4. The molecule has 2 atom stereocenters. The van der Waals surface area contributed by atoms with Crippen LogP contribution in [0.15, 0.2) is 59.2 Å². The second-order valence-corrected chi connectivity index (χ2v) is 7.70. The third-order valence-corrected chi connectivity index (χ3v) is 5.42. The Morgan fingerprint density at radius 3 is 2.70 bits per heavy atom. The molecule has 3 aromatic rings. The molecular weight excluding hydrogens is 431 g/mol. The molecule has 0 aliphatic carbocycles. The first kappa shape index (κ1) is 22.5. The second kappa shape index (κ2) is 9.83. The molecule has 9 heteroatoms. The lowest BCUT2D eigenvalue weighted by atomic mass is 10.1. The van der Waals surface area contributed by atoms with Crippen molar-refractivity contribution in [2.24, 2.45) is 0 Å². The Morgan fingerprint density at radius 1 is 1.21 bits per heavy atom. The van der Waals surface area contributed by atoms with Gasteiger partial charge in [-0.1, -0.05) is 18.2 Å². The Bertz CT molecular complexity index is 1130. The van der Waals surface area contributed by atoms with Crippen LogP contribution in [0.3, 0.4) is 0 Å². The van der Waals surface area contributed by atoms with Crippen LogP contribution in [-0.4, -0.2) is 52.7 Å². The minimum Gasteiger partial charge on any atom is -0.497 e. The fraction of sp³-hybridized carbons (Fsp3) is 0.292. The van der Waals surface area contributed by atoms with E-state index in [-0.39, 0.29) is 31.6 Å². The number of carbonyl (C=O) groups is 2. The number of hydrogen-bond donors (Lipinski definition) is 1. The number of rotatable bonds is 7. The first-order chi connectivity index (χ1) is 15.9.